The summed E-state index contributed by atoms with van der Waals surface area (Å²) in [5.41, 5.74) is 1.82. The third-order valence-electron chi connectivity index (χ3n) is 3.03. The Morgan fingerprint density at radius 2 is 2.23 bits per heavy atom. The van der Waals surface area contributed by atoms with E-state index >= 15 is 0 Å². The summed E-state index contributed by atoms with van der Waals surface area (Å²) in [5.74, 6) is 0.791. The monoisotopic (exact) mass is 318 g/mol. The average molecular weight is 318 g/mol. The van der Waals surface area contributed by atoms with Gasteiger partial charge in [0, 0.05) is 24.3 Å². The molecule has 0 saturated heterocycles. The van der Waals surface area contributed by atoms with Crippen LogP contribution >= 0.6 is 11.5 Å². The maximum Gasteiger partial charge on any atom is 0.208 e. The number of hydrogen-bond donors (Lipinski definition) is 1. The van der Waals surface area contributed by atoms with Gasteiger partial charge in [-0.15, -0.1) is 0 Å². The standard InChI is InChI=1S/C14H15FN6S/c1-3-6-21-8-11(9(2)19-21)13-18-14(22-20-13)17-12-5-4-10(15)7-16-12/h4-5,7-8H,3,6H2,1-2H3,(H,16,17,18,20). The Balaban J connectivity index is 1.80. The summed E-state index contributed by atoms with van der Waals surface area (Å²) in [4.78, 5) is 8.38. The molecular formula is C14H15FN6S. The zero-order valence-electron chi connectivity index (χ0n) is 12.2. The van der Waals surface area contributed by atoms with Gasteiger partial charge in [-0.3, -0.25) is 4.68 Å². The fraction of sp³-hybridized carbons (Fsp3) is 0.286. The predicted octanol–water partition coefficient (Wildman–Crippen LogP) is 3.40. The second-order valence-electron chi connectivity index (χ2n) is 4.80. The maximum atomic E-state index is 12.8. The fourth-order valence-electron chi connectivity index (χ4n) is 2.02. The Morgan fingerprint density at radius 1 is 1.36 bits per heavy atom. The van der Waals surface area contributed by atoms with Gasteiger partial charge in [-0.05, 0) is 25.5 Å². The predicted molar refractivity (Wildman–Crippen MR) is 83.6 cm³/mol. The van der Waals surface area contributed by atoms with E-state index in [1.54, 1.807) is 6.07 Å². The second kappa shape index (κ2) is 6.18. The van der Waals surface area contributed by atoms with Crippen LogP contribution in [-0.2, 0) is 6.54 Å². The third kappa shape index (κ3) is 3.11. The number of pyridine rings is 1. The van der Waals surface area contributed by atoms with Crippen LogP contribution in [0.3, 0.4) is 0 Å². The molecular weight excluding hydrogens is 303 g/mol. The topological polar surface area (TPSA) is 68.5 Å². The van der Waals surface area contributed by atoms with Gasteiger partial charge in [-0.2, -0.15) is 14.5 Å². The van der Waals surface area contributed by atoms with E-state index in [1.165, 1.54) is 17.6 Å². The molecule has 0 aliphatic heterocycles. The molecule has 0 fully saturated rings. The first-order chi connectivity index (χ1) is 10.7. The molecule has 6 nitrogen and oxygen atoms in total. The molecule has 1 N–H and O–H groups in total. The Bertz CT molecular complexity index is 764. The van der Waals surface area contributed by atoms with Gasteiger partial charge in [0.1, 0.15) is 11.6 Å². The van der Waals surface area contributed by atoms with Crippen molar-refractivity contribution in [2.75, 3.05) is 5.32 Å². The minimum Gasteiger partial charge on any atom is -0.315 e. The van der Waals surface area contributed by atoms with E-state index in [2.05, 4.69) is 31.7 Å². The molecule has 0 amide bonds. The van der Waals surface area contributed by atoms with Gasteiger partial charge < -0.3 is 5.32 Å². The zero-order chi connectivity index (χ0) is 15.5. The van der Waals surface area contributed by atoms with Crippen LogP contribution in [0.1, 0.15) is 19.0 Å². The fourth-order valence-corrected chi connectivity index (χ4v) is 2.61. The molecule has 0 saturated carbocycles. The Kier molecular flexibility index (Phi) is 4.10. The number of rotatable bonds is 5. The van der Waals surface area contributed by atoms with Crippen molar-refractivity contribution < 1.29 is 4.39 Å². The Morgan fingerprint density at radius 3 is 2.95 bits per heavy atom. The highest BCUT2D eigenvalue weighted by molar-refractivity contribution is 7.09. The van der Waals surface area contributed by atoms with Crippen molar-refractivity contribution in [2.24, 2.45) is 0 Å². The van der Waals surface area contributed by atoms with Gasteiger partial charge in [0.05, 0.1) is 17.5 Å². The number of halogens is 1. The van der Waals surface area contributed by atoms with Gasteiger partial charge in [0.15, 0.2) is 5.82 Å². The van der Waals surface area contributed by atoms with Crippen molar-refractivity contribution in [3.8, 4) is 11.4 Å². The summed E-state index contributed by atoms with van der Waals surface area (Å²) < 4.78 is 19.1. The average Bonchev–Trinajstić information content (AvgIpc) is 3.09. The molecule has 0 atom stereocenters. The van der Waals surface area contributed by atoms with Crippen LogP contribution in [0.4, 0.5) is 15.3 Å². The Hall–Kier alpha value is -2.35. The first-order valence-corrected chi connectivity index (χ1v) is 7.69. The van der Waals surface area contributed by atoms with Gasteiger partial charge in [0.25, 0.3) is 0 Å². The number of nitrogens with one attached hydrogen (secondary N) is 1. The maximum absolute atomic E-state index is 12.8. The van der Waals surface area contributed by atoms with E-state index < -0.39 is 0 Å². The van der Waals surface area contributed by atoms with Crippen LogP contribution in [0.15, 0.2) is 24.5 Å². The molecule has 0 aliphatic rings. The van der Waals surface area contributed by atoms with E-state index in [4.69, 9.17) is 0 Å². The van der Waals surface area contributed by atoms with Gasteiger partial charge in [-0.1, -0.05) is 6.92 Å². The molecule has 0 radical (unpaired) electrons. The van der Waals surface area contributed by atoms with E-state index in [9.17, 15) is 4.39 Å². The van der Waals surface area contributed by atoms with E-state index in [0.29, 0.717) is 16.8 Å². The zero-order valence-corrected chi connectivity index (χ0v) is 13.1. The lowest BCUT2D eigenvalue weighted by atomic mass is 10.2. The van der Waals surface area contributed by atoms with Gasteiger partial charge in [-0.25, -0.2) is 9.37 Å². The lowest BCUT2D eigenvalue weighted by Crippen LogP contribution is -1.96. The molecule has 3 aromatic rings. The molecule has 0 spiro atoms. The minimum atomic E-state index is -0.373. The van der Waals surface area contributed by atoms with Crippen LogP contribution < -0.4 is 5.32 Å². The van der Waals surface area contributed by atoms with E-state index in [1.807, 2.05) is 17.8 Å². The highest BCUT2D eigenvalue weighted by Gasteiger charge is 2.13. The largest absolute Gasteiger partial charge is 0.315 e. The molecule has 3 heterocycles. The van der Waals surface area contributed by atoms with Crippen molar-refractivity contribution in [1.29, 1.82) is 0 Å². The first-order valence-electron chi connectivity index (χ1n) is 6.92. The molecule has 3 aromatic heterocycles. The molecule has 0 unspecified atom stereocenters. The van der Waals surface area contributed by atoms with E-state index in [-0.39, 0.29) is 5.82 Å². The minimum absolute atomic E-state index is 0.373. The highest BCUT2D eigenvalue weighted by Crippen LogP contribution is 2.25. The number of aromatic nitrogens is 5. The van der Waals surface area contributed by atoms with Crippen molar-refractivity contribution in [3.63, 3.8) is 0 Å². The summed E-state index contributed by atoms with van der Waals surface area (Å²) in [6.07, 6.45) is 4.14. The van der Waals surface area contributed by atoms with Gasteiger partial charge in [0.2, 0.25) is 5.13 Å². The molecule has 8 heteroatoms. The Labute approximate surface area is 131 Å². The smallest absolute Gasteiger partial charge is 0.208 e. The van der Waals surface area contributed by atoms with Crippen molar-refractivity contribution >= 4 is 22.5 Å². The molecule has 22 heavy (non-hydrogen) atoms. The lowest BCUT2D eigenvalue weighted by molar-refractivity contribution is 0.598. The second-order valence-corrected chi connectivity index (χ2v) is 5.55. The lowest BCUT2D eigenvalue weighted by Gasteiger charge is -1.99. The molecule has 0 aromatic carbocycles. The van der Waals surface area contributed by atoms with Crippen molar-refractivity contribution in [2.45, 2.75) is 26.8 Å². The van der Waals surface area contributed by atoms with Crippen LogP contribution in [0.2, 0.25) is 0 Å². The third-order valence-corrected chi connectivity index (χ3v) is 3.66. The van der Waals surface area contributed by atoms with E-state index in [0.717, 1.165) is 30.4 Å². The number of aryl methyl sites for hydroxylation is 2. The summed E-state index contributed by atoms with van der Waals surface area (Å²) in [5, 5.41) is 8.07. The van der Waals surface area contributed by atoms with Gasteiger partial charge >= 0.3 is 0 Å². The highest BCUT2D eigenvalue weighted by atomic mass is 32.1. The molecule has 0 aliphatic carbocycles. The van der Waals surface area contributed by atoms with Crippen LogP contribution in [-0.4, -0.2) is 24.1 Å². The first kappa shape index (κ1) is 14.6. The number of anilines is 2. The summed E-state index contributed by atoms with van der Waals surface area (Å²) in [6, 6.07) is 2.90. The van der Waals surface area contributed by atoms with Crippen molar-refractivity contribution in [1.82, 2.24) is 24.1 Å². The SMILES string of the molecule is CCCn1cc(-c2nsc(Nc3ccc(F)cn3)n2)c(C)n1. The van der Waals surface area contributed by atoms with Crippen LogP contribution in [0.25, 0.3) is 11.4 Å². The van der Waals surface area contributed by atoms with Crippen molar-refractivity contribution in [3.05, 3.63) is 36.0 Å². The number of nitrogens with zero attached hydrogens (tertiary/aromatic N) is 5. The normalized spacial score (nSPS) is 10.9. The summed E-state index contributed by atoms with van der Waals surface area (Å²) >= 11 is 1.23. The molecule has 0 bridgehead atoms. The van der Waals surface area contributed by atoms with Crippen LogP contribution in [0, 0.1) is 12.7 Å². The number of hydrogen-bond acceptors (Lipinski definition) is 6. The summed E-state index contributed by atoms with van der Waals surface area (Å²) in [6.45, 7) is 4.92. The van der Waals surface area contributed by atoms with Crippen LogP contribution in [0.5, 0.6) is 0 Å². The summed E-state index contributed by atoms with van der Waals surface area (Å²) in [7, 11) is 0. The molecule has 114 valence electrons. The molecule has 3 rings (SSSR count). The quantitative estimate of drug-likeness (QED) is 0.781.